The topological polar surface area (TPSA) is 46.4 Å². The number of nitrogens with one attached hydrogen (secondary N) is 1. The Labute approximate surface area is 106 Å². The Morgan fingerprint density at radius 3 is 3.11 bits per heavy atom. The molecule has 0 aromatic carbocycles. The van der Waals surface area contributed by atoms with Crippen molar-refractivity contribution in [2.75, 3.05) is 6.54 Å². The molecule has 0 saturated carbocycles. The summed E-state index contributed by atoms with van der Waals surface area (Å²) in [6.07, 6.45) is 5.25. The smallest absolute Gasteiger partial charge is 0.258 e. The van der Waals surface area contributed by atoms with Crippen LogP contribution in [0.25, 0.3) is 5.65 Å². The van der Waals surface area contributed by atoms with Gasteiger partial charge >= 0.3 is 0 Å². The van der Waals surface area contributed by atoms with E-state index in [0.717, 1.165) is 29.9 Å². The molecule has 0 aliphatic carbocycles. The standard InChI is InChI=1S/C14H17N3O/c1-10-5-4-8-17-13(18)9-12(16-14(10)17)11-6-2-3-7-15-11/h4-5,8-9,11,15H,2-3,6-7H2,1H3. The highest BCUT2D eigenvalue weighted by Crippen LogP contribution is 2.21. The second kappa shape index (κ2) is 4.53. The molecule has 2 aromatic heterocycles. The first kappa shape index (κ1) is 11.4. The van der Waals surface area contributed by atoms with Crippen molar-refractivity contribution >= 4 is 5.65 Å². The van der Waals surface area contributed by atoms with Gasteiger partial charge in [-0.15, -0.1) is 0 Å². The maximum atomic E-state index is 12.1. The van der Waals surface area contributed by atoms with Crippen molar-refractivity contribution in [3.63, 3.8) is 0 Å². The molecule has 1 atom stereocenters. The molecule has 0 amide bonds. The van der Waals surface area contributed by atoms with Gasteiger partial charge in [0.1, 0.15) is 5.65 Å². The lowest BCUT2D eigenvalue weighted by Gasteiger charge is -2.23. The van der Waals surface area contributed by atoms with Gasteiger partial charge in [-0.3, -0.25) is 9.20 Å². The van der Waals surface area contributed by atoms with Crippen molar-refractivity contribution in [1.82, 2.24) is 14.7 Å². The van der Waals surface area contributed by atoms with Crippen LogP contribution in [0, 0.1) is 6.92 Å². The molecule has 1 unspecified atom stereocenters. The zero-order valence-corrected chi connectivity index (χ0v) is 10.5. The molecule has 3 rings (SSSR count). The minimum Gasteiger partial charge on any atom is -0.309 e. The van der Waals surface area contributed by atoms with E-state index in [1.807, 2.05) is 19.1 Å². The van der Waals surface area contributed by atoms with Crippen molar-refractivity contribution in [2.24, 2.45) is 0 Å². The van der Waals surface area contributed by atoms with Crippen LogP contribution in [0.1, 0.15) is 36.6 Å². The molecular weight excluding hydrogens is 226 g/mol. The SMILES string of the molecule is Cc1cccn2c(=O)cc(C3CCCCN3)nc12. The van der Waals surface area contributed by atoms with Gasteiger partial charge in [0.25, 0.3) is 5.56 Å². The molecule has 0 spiro atoms. The Kier molecular flexibility index (Phi) is 2.88. The van der Waals surface area contributed by atoms with Crippen LogP contribution in [0.2, 0.25) is 0 Å². The van der Waals surface area contributed by atoms with Crippen LogP contribution < -0.4 is 10.9 Å². The summed E-state index contributed by atoms with van der Waals surface area (Å²) in [6, 6.07) is 5.76. The first-order valence-electron chi connectivity index (χ1n) is 6.48. The van der Waals surface area contributed by atoms with E-state index >= 15 is 0 Å². The van der Waals surface area contributed by atoms with Crippen LogP contribution in [0.4, 0.5) is 0 Å². The number of fused-ring (bicyclic) bond motifs is 1. The van der Waals surface area contributed by atoms with Gasteiger partial charge < -0.3 is 5.32 Å². The monoisotopic (exact) mass is 243 g/mol. The normalized spacial score (nSPS) is 20.2. The summed E-state index contributed by atoms with van der Waals surface area (Å²) in [5, 5.41) is 3.44. The predicted octanol–water partition coefficient (Wildman–Crippen LogP) is 1.82. The molecule has 4 nitrogen and oxygen atoms in total. The largest absolute Gasteiger partial charge is 0.309 e. The molecular formula is C14H17N3O. The van der Waals surface area contributed by atoms with Crippen LogP contribution in [-0.4, -0.2) is 15.9 Å². The average Bonchev–Trinajstić information content (AvgIpc) is 2.41. The zero-order valence-electron chi connectivity index (χ0n) is 10.5. The quantitative estimate of drug-likeness (QED) is 0.831. The molecule has 94 valence electrons. The fourth-order valence-corrected chi connectivity index (χ4v) is 2.56. The maximum Gasteiger partial charge on any atom is 0.258 e. The number of aromatic nitrogens is 2. The molecule has 0 radical (unpaired) electrons. The number of hydrogen-bond donors (Lipinski definition) is 1. The Hall–Kier alpha value is -1.68. The number of hydrogen-bond acceptors (Lipinski definition) is 3. The van der Waals surface area contributed by atoms with Crippen LogP contribution >= 0.6 is 0 Å². The zero-order chi connectivity index (χ0) is 12.5. The summed E-state index contributed by atoms with van der Waals surface area (Å²) < 4.78 is 1.61. The van der Waals surface area contributed by atoms with Crippen LogP contribution in [0.3, 0.4) is 0 Å². The Balaban J connectivity index is 2.14. The Morgan fingerprint density at radius 1 is 1.44 bits per heavy atom. The summed E-state index contributed by atoms with van der Waals surface area (Å²) in [7, 11) is 0. The number of piperidine rings is 1. The molecule has 4 heteroatoms. The summed E-state index contributed by atoms with van der Waals surface area (Å²) in [5.74, 6) is 0. The molecule has 2 aromatic rings. The van der Waals surface area contributed by atoms with Gasteiger partial charge in [0.2, 0.25) is 0 Å². The molecule has 1 N–H and O–H groups in total. The predicted molar refractivity (Wildman–Crippen MR) is 70.8 cm³/mol. The van der Waals surface area contributed by atoms with E-state index in [2.05, 4.69) is 10.3 Å². The number of aryl methyl sites for hydroxylation is 1. The van der Waals surface area contributed by atoms with Gasteiger partial charge in [-0.05, 0) is 37.9 Å². The van der Waals surface area contributed by atoms with Crippen molar-refractivity contribution in [1.29, 1.82) is 0 Å². The van der Waals surface area contributed by atoms with Crippen LogP contribution in [-0.2, 0) is 0 Å². The maximum absolute atomic E-state index is 12.1. The lowest BCUT2D eigenvalue weighted by molar-refractivity contribution is 0.405. The first-order chi connectivity index (χ1) is 8.75. The van der Waals surface area contributed by atoms with Gasteiger partial charge in [0, 0.05) is 18.3 Å². The van der Waals surface area contributed by atoms with E-state index in [1.54, 1.807) is 16.7 Å². The third-order valence-corrected chi connectivity index (χ3v) is 3.57. The molecule has 3 heterocycles. The molecule has 1 fully saturated rings. The molecule has 1 aliphatic rings. The molecule has 1 saturated heterocycles. The highest BCUT2D eigenvalue weighted by atomic mass is 16.1. The highest BCUT2D eigenvalue weighted by Gasteiger charge is 2.17. The van der Waals surface area contributed by atoms with Gasteiger partial charge in [-0.25, -0.2) is 4.98 Å². The number of pyridine rings is 1. The van der Waals surface area contributed by atoms with Crippen LogP contribution in [0.15, 0.2) is 29.2 Å². The second-order valence-electron chi connectivity index (χ2n) is 4.91. The summed E-state index contributed by atoms with van der Waals surface area (Å²) in [4.78, 5) is 16.7. The van der Waals surface area contributed by atoms with E-state index < -0.39 is 0 Å². The number of nitrogens with zero attached hydrogens (tertiary/aromatic N) is 2. The summed E-state index contributed by atoms with van der Waals surface area (Å²) in [6.45, 7) is 3.00. The summed E-state index contributed by atoms with van der Waals surface area (Å²) in [5.41, 5.74) is 2.69. The summed E-state index contributed by atoms with van der Waals surface area (Å²) >= 11 is 0. The Bertz CT molecular complexity index is 626. The van der Waals surface area contributed by atoms with Gasteiger partial charge in [-0.2, -0.15) is 0 Å². The van der Waals surface area contributed by atoms with Crippen molar-refractivity contribution < 1.29 is 0 Å². The van der Waals surface area contributed by atoms with Gasteiger partial charge in [0.15, 0.2) is 0 Å². The Morgan fingerprint density at radius 2 is 2.33 bits per heavy atom. The van der Waals surface area contributed by atoms with E-state index in [4.69, 9.17) is 0 Å². The fraction of sp³-hybridized carbons (Fsp3) is 0.429. The van der Waals surface area contributed by atoms with Crippen LogP contribution in [0.5, 0.6) is 0 Å². The van der Waals surface area contributed by atoms with E-state index in [0.29, 0.717) is 0 Å². The first-order valence-corrected chi connectivity index (χ1v) is 6.48. The van der Waals surface area contributed by atoms with Gasteiger partial charge in [0.05, 0.1) is 5.69 Å². The molecule has 18 heavy (non-hydrogen) atoms. The molecule has 0 bridgehead atoms. The highest BCUT2D eigenvalue weighted by molar-refractivity contribution is 5.47. The van der Waals surface area contributed by atoms with Crippen molar-refractivity contribution in [3.05, 3.63) is 46.0 Å². The lowest BCUT2D eigenvalue weighted by atomic mass is 10.0. The van der Waals surface area contributed by atoms with E-state index in [1.165, 1.54) is 12.8 Å². The van der Waals surface area contributed by atoms with Gasteiger partial charge in [-0.1, -0.05) is 12.5 Å². The minimum atomic E-state index is 0.00562. The number of rotatable bonds is 1. The lowest BCUT2D eigenvalue weighted by Crippen LogP contribution is -2.29. The third kappa shape index (κ3) is 1.93. The fourth-order valence-electron chi connectivity index (χ4n) is 2.56. The van der Waals surface area contributed by atoms with E-state index in [9.17, 15) is 4.79 Å². The minimum absolute atomic E-state index is 0.00562. The molecule has 1 aliphatic heterocycles. The third-order valence-electron chi connectivity index (χ3n) is 3.57. The van der Waals surface area contributed by atoms with E-state index in [-0.39, 0.29) is 11.6 Å². The average molecular weight is 243 g/mol. The second-order valence-corrected chi connectivity index (χ2v) is 4.91. The van der Waals surface area contributed by atoms with Crippen molar-refractivity contribution in [2.45, 2.75) is 32.2 Å². The van der Waals surface area contributed by atoms with Crippen molar-refractivity contribution in [3.8, 4) is 0 Å².